The molecule has 6 heteroatoms. The zero-order valence-corrected chi connectivity index (χ0v) is 13.1. The molecule has 1 aromatic heterocycles. The van der Waals surface area contributed by atoms with Crippen molar-refractivity contribution in [1.82, 2.24) is 4.57 Å². The van der Waals surface area contributed by atoms with Gasteiger partial charge < -0.3 is 35.4 Å². The number of rotatable bonds is 2. The number of aryl methyl sites for hydroxylation is 1. The Morgan fingerprint density at radius 3 is 2.50 bits per heavy atom. The molecule has 1 aliphatic rings. The van der Waals surface area contributed by atoms with Gasteiger partial charge in [0.15, 0.2) is 0 Å². The number of nitrogens with zero attached hydrogens (tertiary/aromatic N) is 3. The number of benzene rings is 1. The van der Waals surface area contributed by atoms with Gasteiger partial charge in [-0.05, 0) is 12.1 Å². The van der Waals surface area contributed by atoms with Gasteiger partial charge in [-0.1, -0.05) is 0 Å². The van der Waals surface area contributed by atoms with Gasteiger partial charge in [-0.3, -0.25) is 0 Å². The standard InChI is InChI=1S/C14H19N4.2ClH/c1-16-8-9-18(11-16)14-6-7-17(10-14)13-4-2-12(15)3-5-13;;/h2-5,8-9,11,14H,6-7,10,15H2,1H3;2*1H/q+1;;/p-1. The van der Waals surface area contributed by atoms with E-state index in [2.05, 4.69) is 69.8 Å². The maximum Gasteiger partial charge on any atom is 0.243 e. The zero-order chi connectivity index (χ0) is 12.5. The minimum atomic E-state index is 0. The van der Waals surface area contributed by atoms with E-state index in [0.717, 1.165) is 18.8 Å². The number of imidazole rings is 1. The van der Waals surface area contributed by atoms with Gasteiger partial charge in [0.2, 0.25) is 6.33 Å². The molecule has 0 saturated carbocycles. The number of anilines is 1. The van der Waals surface area contributed by atoms with Crippen LogP contribution in [-0.2, 0) is 7.05 Å². The third kappa shape index (κ3) is 3.45. The molecule has 0 aliphatic carbocycles. The fourth-order valence-electron chi connectivity index (χ4n) is 2.61. The Bertz CT molecular complexity index is 538. The van der Waals surface area contributed by atoms with Gasteiger partial charge in [0.05, 0.1) is 13.6 Å². The van der Waals surface area contributed by atoms with Crippen molar-refractivity contribution >= 4 is 11.4 Å². The van der Waals surface area contributed by atoms with Gasteiger partial charge in [-0.25, -0.2) is 9.13 Å². The SMILES string of the molecule is C[n+]1ccn(C2CCN(c3ccc([NH3+])cc3)C2)c1.[Cl-].[Cl-]. The summed E-state index contributed by atoms with van der Waals surface area (Å²) in [5.74, 6) is 0. The number of aromatic nitrogens is 2. The van der Waals surface area contributed by atoms with Gasteiger partial charge in [0.1, 0.15) is 24.1 Å². The Hall–Kier alpha value is -1.23. The van der Waals surface area contributed by atoms with E-state index in [1.54, 1.807) is 0 Å². The summed E-state index contributed by atoms with van der Waals surface area (Å²) in [7, 11) is 2.07. The Labute approximate surface area is 132 Å². The second-order valence-electron chi connectivity index (χ2n) is 5.08. The lowest BCUT2D eigenvalue weighted by atomic mass is 10.2. The molecule has 1 unspecified atom stereocenters. The van der Waals surface area contributed by atoms with E-state index in [-0.39, 0.29) is 24.8 Å². The van der Waals surface area contributed by atoms with Crippen LogP contribution < -0.4 is 40.0 Å². The monoisotopic (exact) mass is 314 g/mol. The number of hydrogen-bond donors (Lipinski definition) is 1. The predicted octanol–water partition coefficient (Wildman–Crippen LogP) is -5.35. The third-order valence-electron chi connectivity index (χ3n) is 3.68. The topological polar surface area (TPSA) is 39.7 Å². The first-order valence-electron chi connectivity index (χ1n) is 6.42. The molecule has 1 atom stereocenters. The highest BCUT2D eigenvalue weighted by atomic mass is 35.5. The second kappa shape index (κ2) is 6.97. The third-order valence-corrected chi connectivity index (χ3v) is 3.68. The Morgan fingerprint density at radius 1 is 1.20 bits per heavy atom. The number of halogens is 2. The molecular formula is C14H20Cl2N4. The first-order chi connectivity index (χ1) is 8.72. The Balaban J connectivity index is 0.000001000. The van der Waals surface area contributed by atoms with E-state index >= 15 is 0 Å². The lowest BCUT2D eigenvalue weighted by Crippen LogP contribution is -3.00. The van der Waals surface area contributed by atoms with Crippen molar-refractivity contribution < 1.29 is 35.1 Å². The summed E-state index contributed by atoms with van der Waals surface area (Å²) in [6.07, 6.45) is 7.63. The number of hydrogen-bond acceptors (Lipinski definition) is 1. The molecule has 1 aromatic carbocycles. The maximum absolute atomic E-state index is 3.93. The molecule has 4 nitrogen and oxygen atoms in total. The molecule has 0 bridgehead atoms. The van der Waals surface area contributed by atoms with Crippen LogP contribution in [0.25, 0.3) is 0 Å². The van der Waals surface area contributed by atoms with Gasteiger partial charge in [-0.2, -0.15) is 0 Å². The summed E-state index contributed by atoms with van der Waals surface area (Å²) in [6.45, 7) is 2.22. The van der Waals surface area contributed by atoms with E-state index < -0.39 is 0 Å². The van der Waals surface area contributed by atoms with E-state index in [4.69, 9.17) is 0 Å². The molecule has 3 rings (SSSR count). The molecule has 110 valence electrons. The summed E-state index contributed by atoms with van der Waals surface area (Å²) in [5.41, 5.74) is 6.31. The highest BCUT2D eigenvalue weighted by Gasteiger charge is 2.27. The van der Waals surface area contributed by atoms with Gasteiger partial charge in [0, 0.05) is 30.8 Å². The Kier molecular flexibility index (Phi) is 5.87. The van der Waals surface area contributed by atoms with Crippen LogP contribution >= 0.6 is 0 Å². The molecule has 2 aromatic rings. The van der Waals surface area contributed by atoms with Crippen molar-refractivity contribution in [3.63, 3.8) is 0 Å². The van der Waals surface area contributed by atoms with Crippen LogP contribution in [0, 0.1) is 0 Å². The van der Waals surface area contributed by atoms with Gasteiger partial charge in [0.25, 0.3) is 0 Å². The molecule has 0 amide bonds. The minimum Gasteiger partial charge on any atom is -1.00 e. The van der Waals surface area contributed by atoms with Crippen LogP contribution in [-0.4, -0.2) is 17.7 Å². The van der Waals surface area contributed by atoms with Crippen molar-refractivity contribution in [3.8, 4) is 0 Å². The van der Waals surface area contributed by atoms with Crippen molar-refractivity contribution in [2.45, 2.75) is 12.5 Å². The van der Waals surface area contributed by atoms with Crippen LogP contribution in [0.2, 0.25) is 0 Å². The minimum absolute atomic E-state index is 0. The summed E-state index contributed by atoms with van der Waals surface area (Å²) < 4.78 is 4.41. The van der Waals surface area contributed by atoms with Crippen molar-refractivity contribution in [3.05, 3.63) is 43.0 Å². The molecule has 1 aliphatic heterocycles. The van der Waals surface area contributed by atoms with Crippen molar-refractivity contribution in [2.75, 3.05) is 18.0 Å². The van der Waals surface area contributed by atoms with E-state index in [1.165, 1.54) is 12.1 Å². The molecule has 0 radical (unpaired) electrons. The summed E-state index contributed by atoms with van der Waals surface area (Å²) >= 11 is 0. The largest absolute Gasteiger partial charge is 1.00 e. The summed E-state index contributed by atoms with van der Waals surface area (Å²) in [4.78, 5) is 2.45. The maximum atomic E-state index is 3.93. The molecular weight excluding hydrogens is 295 g/mol. The van der Waals surface area contributed by atoms with E-state index in [0.29, 0.717) is 6.04 Å². The van der Waals surface area contributed by atoms with E-state index in [9.17, 15) is 0 Å². The zero-order valence-electron chi connectivity index (χ0n) is 11.5. The van der Waals surface area contributed by atoms with Gasteiger partial charge in [-0.15, -0.1) is 0 Å². The van der Waals surface area contributed by atoms with Crippen molar-refractivity contribution in [2.24, 2.45) is 7.05 Å². The first kappa shape index (κ1) is 16.8. The lowest BCUT2D eigenvalue weighted by Gasteiger charge is -2.17. The van der Waals surface area contributed by atoms with E-state index in [1.807, 2.05) is 0 Å². The van der Waals surface area contributed by atoms with Crippen molar-refractivity contribution in [1.29, 1.82) is 0 Å². The smallest absolute Gasteiger partial charge is 0.243 e. The fourth-order valence-corrected chi connectivity index (χ4v) is 2.61. The van der Waals surface area contributed by atoms with Crippen LogP contribution in [0.3, 0.4) is 0 Å². The average molecular weight is 315 g/mol. The average Bonchev–Trinajstić information content (AvgIpc) is 2.98. The molecule has 20 heavy (non-hydrogen) atoms. The molecule has 1 saturated heterocycles. The first-order valence-corrected chi connectivity index (χ1v) is 6.42. The summed E-state index contributed by atoms with van der Waals surface area (Å²) in [5, 5.41) is 0. The van der Waals surface area contributed by atoms with Crippen LogP contribution in [0.1, 0.15) is 12.5 Å². The fraction of sp³-hybridized carbons (Fsp3) is 0.357. The van der Waals surface area contributed by atoms with Crippen LogP contribution in [0.15, 0.2) is 43.0 Å². The number of quaternary nitrogens is 1. The van der Waals surface area contributed by atoms with Gasteiger partial charge >= 0.3 is 0 Å². The molecule has 1 fully saturated rings. The quantitative estimate of drug-likeness (QED) is 0.553. The normalized spacial score (nSPS) is 17.5. The predicted molar refractivity (Wildman–Crippen MR) is 70.5 cm³/mol. The van der Waals surface area contributed by atoms with Crippen LogP contribution in [0.5, 0.6) is 0 Å². The molecule has 2 heterocycles. The summed E-state index contributed by atoms with van der Waals surface area (Å²) in [6, 6.07) is 9.09. The Morgan fingerprint density at radius 2 is 1.90 bits per heavy atom. The molecule has 3 N–H and O–H groups in total. The molecule has 0 spiro atoms. The van der Waals surface area contributed by atoms with Crippen LogP contribution in [0.4, 0.5) is 11.4 Å². The highest BCUT2D eigenvalue weighted by molar-refractivity contribution is 5.51. The highest BCUT2D eigenvalue weighted by Crippen LogP contribution is 2.26. The second-order valence-corrected chi connectivity index (χ2v) is 5.08. The lowest BCUT2D eigenvalue weighted by molar-refractivity contribution is -0.671.